The Hall–Kier alpha value is -4.33. The number of carbonyl (C=O) groups excluding carboxylic acids is 2. The van der Waals surface area contributed by atoms with Crippen molar-refractivity contribution >= 4 is 11.8 Å². The summed E-state index contributed by atoms with van der Waals surface area (Å²) < 4.78 is 9.05. The number of methoxy groups -OCH3 is 1. The average Bonchev–Trinajstić information content (AvgIpc) is 3.62. The Bertz CT molecular complexity index is 1330. The smallest absolute Gasteiger partial charge is 0.259 e. The third kappa shape index (κ3) is 4.75. The second-order valence-corrected chi connectivity index (χ2v) is 8.84. The van der Waals surface area contributed by atoms with Gasteiger partial charge in [-0.15, -0.1) is 0 Å². The van der Waals surface area contributed by atoms with Gasteiger partial charge in [0.25, 0.3) is 5.91 Å². The molecule has 0 bridgehead atoms. The van der Waals surface area contributed by atoms with Crippen LogP contribution in [0.3, 0.4) is 0 Å². The minimum absolute atomic E-state index is 0.0518. The van der Waals surface area contributed by atoms with E-state index in [-0.39, 0.29) is 17.7 Å². The number of benzene rings is 2. The topological polar surface area (TPSA) is 81.4 Å². The lowest BCUT2D eigenvalue weighted by atomic mass is 9.96. The fourth-order valence-corrected chi connectivity index (χ4v) is 4.70. The first-order valence-corrected chi connectivity index (χ1v) is 12.1. The van der Waals surface area contributed by atoms with Gasteiger partial charge >= 0.3 is 0 Å². The van der Waals surface area contributed by atoms with Crippen LogP contribution in [-0.2, 0) is 11.3 Å². The number of piperidine rings is 1. The summed E-state index contributed by atoms with van der Waals surface area (Å²) in [6.07, 6.45) is 6.94. The molecule has 1 fully saturated rings. The number of nitrogens with zero attached hydrogens (tertiary/aromatic N) is 4. The third-order valence-corrected chi connectivity index (χ3v) is 6.55. The van der Waals surface area contributed by atoms with Crippen molar-refractivity contribution in [1.29, 1.82) is 0 Å². The summed E-state index contributed by atoms with van der Waals surface area (Å²) in [5, 5.41) is 7.57. The quantitative estimate of drug-likeness (QED) is 0.433. The zero-order valence-corrected chi connectivity index (χ0v) is 20.2. The Morgan fingerprint density at radius 3 is 2.56 bits per heavy atom. The maximum Gasteiger partial charge on any atom is 0.259 e. The number of para-hydroxylation sites is 2. The van der Waals surface area contributed by atoms with Crippen LogP contribution in [0.1, 0.15) is 28.8 Å². The van der Waals surface area contributed by atoms with E-state index in [1.807, 2.05) is 83.7 Å². The number of ether oxygens (including phenoxy) is 1. The molecule has 36 heavy (non-hydrogen) atoms. The highest BCUT2D eigenvalue weighted by molar-refractivity contribution is 5.97. The molecule has 0 unspecified atom stereocenters. The number of amides is 2. The molecule has 0 radical (unpaired) electrons. The molecule has 1 aliphatic rings. The first kappa shape index (κ1) is 23.4. The number of hydrogen-bond donors (Lipinski definition) is 1. The lowest BCUT2D eigenvalue weighted by Gasteiger charge is -2.32. The minimum Gasteiger partial charge on any atom is -0.496 e. The van der Waals surface area contributed by atoms with E-state index in [0.717, 1.165) is 29.8 Å². The molecule has 1 atom stereocenters. The molecule has 0 spiro atoms. The standard InChI is InChI=1S/C28H29N5O3/c1-36-25-14-6-5-10-21(25)18-29-26(34)22-11-9-17-32(20-22)28(35)24-19-30-33(23-12-3-2-4-13-23)27(24)31-15-7-8-16-31/h2-8,10,12-16,19,22H,9,11,17-18,20H2,1H3,(H,29,34)/t22-/m1/s1. The summed E-state index contributed by atoms with van der Waals surface area (Å²) in [6.45, 7) is 1.36. The summed E-state index contributed by atoms with van der Waals surface area (Å²) in [5.41, 5.74) is 2.29. The number of hydrogen-bond acceptors (Lipinski definition) is 4. The van der Waals surface area contributed by atoms with Gasteiger partial charge in [-0.25, -0.2) is 4.68 Å². The van der Waals surface area contributed by atoms with E-state index in [1.54, 1.807) is 22.9 Å². The van der Waals surface area contributed by atoms with Crippen molar-refractivity contribution in [2.45, 2.75) is 19.4 Å². The molecule has 0 aliphatic carbocycles. The van der Waals surface area contributed by atoms with Crippen molar-refractivity contribution < 1.29 is 14.3 Å². The normalized spacial score (nSPS) is 15.5. The highest BCUT2D eigenvalue weighted by Gasteiger charge is 2.31. The molecule has 2 aromatic carbocycles. The van der Waals surface area contributed by atoms with Crippen molar-refractivity contribution in [2.24, 2.45) is 5.92 Å². The molecular formula is C28H29N5O3. The van der Waals surface area contributed by atoms with Crippen LogP contribution < -0.4 is 10.1 Å². The summed E-state index contributed by atoms with van der Waals surface area (Å²) in [6, 6.07) is 21.2. The Morgan fingerprint density at radius 2 is 1.78 bits per heavy atom. The number of aromatic nitrogens is 3. The number of likely N-dealkylation sites (tertiary alicyclic amines) is 1. The molecule has 0 saturated carbocycles. The van der Waals surface area contributed by atoms with Gasteiger partial charge in [-0.05, 0) is 43.2 Å². The maximum absolute atomic E-state index is 13.7. The van der Waals surface area contributed by atoms with Gasteiger partial charge < -0.3 is 19.5 Å². The highest BCUT2D eigenvalue weighted by atomic mass is 16.5. The predicted molar refractivity (Wildman–Crippen MR) is 136 cm³/mol. The molecular weight excluding hydrogens is 454 g/mol. The van der Waals surface area contributed by atoms with Crippen LogP contribution in [-0.4, -0.2) is 51.3 Å². The van der Waals surface area contributed by atoms with E-state index in [4.69, 9.17) is 4.74 Å². The van der Waals surface area contributed by atoms with Gasteiger partial charge in [0.1, 0.15) is 11.3 Å². The maximum atomic E-state index is 13.7. The van der Waals surface area contributed by atoms with Gasteiger partial charge in [-0.3, -0.25) is 9.59 Å². The molecule has 1 aliphatic heterocycles. The van der Waals surface area contributed by atoms with Crippen molar-refractivity contribution in [3.63, 3.8) is 0 Å². The van der Waals surface area contributed by atoms with Gasteiger partial charge in [0, 0.05) is 37.6 Å². The SMILES string of the molecule is COc1ccccc1CNC(=O)[C@@H]1CCCN(C(=O)c2cnn(-c3ccccc3)c2-n2cccc2)C1. The summed E-state index contributed by atoms with van der Waals surface area (Å²) in [5.74, 6) is 0.980. The summed E-state index contributed by atoms with van der Waals surface area (Å²) in [7, 11) is 1.62. The molecule has 5 rings (SSSR count). The van der Waals surface area contributed by atoms with Gasteiger partial charge in [-0.2, -0.15) is 5.10 Å². The Labute approximate surface area is 210 Å². The highest BCUT2D eigenvalue weighted by Crippen LogP contribution is 2.25. The molecule has 2 aromatic heterocycles. The molecule has 2 amide bonds. The monoisotopic (exact) mass is 483 g/mol. The van der Waals surface area contributed by atoms with Crippen molar-refractivity contribution in [1.82, 2.24) is 24.6 Å². The Balaban J connectivity index is 1.33. The van der Waals surface area contributed by atoms with Crippen LogP contribution in [0, 0.1) is 5.92 Å². The van der Waals surface area contributed by atoms with Gasteiger partial charge in [0.2, 0.25) is 5.91 Å². The minimum atomic E-state index is -0.267. The van der Waals surface area contributed by atoms with Crippen LogP contribution in [0.25, 0.3) is 11.5 Å². The fourth-order valence-electron chi connectivity index (χ4n) is 4.70. The van der Waals surface area contributed by atoms with Crippen LogP contribution in [0.15, 0.2) is 85.3 Å². The predicted octanol–water partition coefficient (Wildman–Crippen LogP) is 3.84. The fraction of sp³-hybridized carbons (Fsp3) is 0.250. The third-order valence-electron chi connectivity index (χ3n) is 6.55. The van der Waals surface area contributed by atoms with Crippen LogP contribution in [0.2, 0.25) is 0 Å². The Kier molecular flexibility index (Phi) is 6.84. The molecule has 184 valence electrons. The van der Waals surface area contributed by atoms with E-state index in [1.165, 1.54) is 0 Å². The molecule has 1 saturated heterocycles. The van der Waals surface area contributed by atoms with Crippen molar-refractivity contribution in [3.8, 4) is 17.3 Å². The number of carbonyl (C=O) groups is 2. The Morgan fingerprint density at radius 1 is 1.03 bits per heavy atom. The first-order valence-electron chi connectivity index (χ1n) is 12.1. The van der Waals surface area contributed by atoms with Crippen molar-refractivity contribution in [3.05, 3.63) is 96.4 Å². The van der Waals surface area contributed by atoms with Crippen LogP contribution >= 0.6 is 0 Å². The van der Waals surface area contributed by atoms with E-state index in [0.29, 0.717) is 31.0 Å². The van der Waals surface area contributed by atoms with E-state index in [2.05, 4.69) is 10.4 Å². The molecule has 4 aromatic rings. The van der Waals surface area contributed by atoms with Crippen LogP contribution in [0.4, 0.5) is 0 Å². The number of rotatable bonds is 7. The largest absolute Gasteiger partial charge is 0.496 e. The lowest BCUT2D eigenvalue weighted by molar-refractivity contribution is -0.126. The first-order chi connectivity index (χ1) is 17.7. The zero-order chi connectivity index (χ0) is 24.9. The zero-order valence-electron chi connectivity index (χ0n) is 20.2. The average molecular weight is 484 g/mol. The lowest BCUT2D eigenvalue weighted by Crippen LogP contribution is -2.45. The van der Waals surface area contributed by atoms with E-state index < -0.39 is 0 Å². The second-order valence-electron chi connectivity index (χ2n) is 8.84. The van der Waals surface area contributed by atoms with E-state index in [9.17, 15) is 9.59 Å². The number of nitrogens with one attached hydrogen (secondary N) is 1. The van der Waals surface area contributed by atoms with Crippen LogP contribution in [0.5, 0.6) is 5.75 Å². The van der Waals surface area contributed by atoms with Gasteiger partial charge in [0.15, 0.2) is 5.82 Å². The molecule has 1 N–H and O–H groups in total. The van der Waals surface area contributed by atoms with E-state index >= 15 is 0 Å². The summed E-state index contributed by atoms with van der Waals surface area (Å²) in [4.78, 5) is 28.5. The summed E-state index contributed by atoms with van der Waals surface area (Å²) >= 11 is 0. The molecule has 8 heteroatoms. The van der Waals surface area contributed by atoms with Gasteiger partial charge in [-0.1, -0.05) is 36.4 Å². The van der Waals surface area contributed by atoms with Gasteiger partial charge in [0.05, 0.1) is 24.9 Å². The molecule has 8 nitrogen and oxygen atoms in total. The molecule has 3 heterocycles. The second kappa shape index (κ2) is 10.5. The van der Waals surface area contributed by atoms with Crippen molar-refractivity contribution in [2.75, 3.05) is 20.2 Å².